The van der Waals surface area contributed by atoms with Gasteiger partial charge < -0.3 is 14.2 Å². The maximum absolute atomic E-state index is 12.7. The van der Waals surface area contributed by atoms with Crippen molar-refractivity contribution in [1.29, 1.82) is 0 Å². The van der Waals surface area contributed by atoms with Crippen LogP contribution >= 0.6 is 0 Å². The minimum Gasteiger partial charge on any atom is -0.451 e. The normalized spacial score (nSPS) is 11.2. The molecule has 0 aliphatic rings. The van der Waals surface area contributed by atoms with Crippen molar-refractivity contribution in [2.45, 2.75) is 6.92 Å². The molecular weight excluding hydrogens is 354 g/mol. The lowest BCUT2D eigenvalue weighted by molar-refractivity contribution is 0.0998. The summed E-state index contributed by atoms with van der Waals surface area (Å²) in [5.74, 6) is 0.416. The molecule has 0 saturated carbocycles. The molecule has 0 radical (unpaired) electrons. The Kier molecular flexibility index (Phi) is 3.69. The molecule has 0 aliphatic carbocycles. The molecule has 0 fully saturated rings. The molecule has 0 aliphatic heterocycles. The number of rotatable bonds is 3. The Labute approximate surface area is 159 Å². The molecule has 0 saturated heterocycles. The maximum atomic E-state index is 12.7. The third-order valence-corrected chi connectivity index (χ3v) is 4.63. The summed E-state index contributed by atoms with van der Waals surface area (Å²) in [5.41, 5.74) is 4.15. The molecular formula is C22H15N3O3. The van der Waals surface area contributed by atoms with Crippen molar-refractivity contribution >= 4 is 33.8 Å². The third kappa shape index (κ3) is 2.72. The number of benzene rings is 2. The Bertz CT molecular complexity index is 1270. The van der Waals surface area contributed by atoms with Gasteiger partial charge in [0.1, 0.15) is 5.58 Å². The molecule has 0 bridgehead atoms. The monoisotopic (exact) mass is 369 g/mol. The van der Waals surface area contributed by atoms with Gasteiger partial charge in [-0.15, -0.1) is 0 Å². The number of nitrogens with one attached hydrogen (secondary N) is 1. The fourth-order valence-electron chi connectivity index (χ4n) is 3.16. The highest BCUT2D eigenvalue weighted by molar-refractivity contribution is 6.05. The summed E-state index contributed by atoms with van der Waals surface area (Å²) < 4.78 is 11.5. The first-order valence-corrected chi connectivity index (χ1v) is 8.80. The highest BCUT2D eigenvalue weighted by Crippen LogP contribution is 2.30. The SMILES string of the molecule is Cc1c(NC(=O)c2cc3ccccc3o2)cccc1-c1nc2ncccc2o1. The number of pyridine rings is 1. The second kappa shape index (κ2) is 6.35. The molecule has 3 heterocycles. The lowest BCUT2D eigenvalue weighted by Gasteiger charge is -2.09. The van der Waals surface area contributed by atoms with Gasteiger partial charge in [-0.2, -0.15) is 4.98 Å². The quantitative estimate of drug-likeness (QED) is 0.473. The first kappa shape index (κ1) is 16.3. The number of hydrogen-bond donors (Lipinski definition) is 1. The van der Waals surface area contributed by atoms with Crippen LogP contribution in [0.2, 0.25) is 0 Å². The standard InChI is InChI=1S/C22H15N3O3/c1-13-15(22-25-20-18(28-22)10-5-11-23-20)7-4-8-16(13)24-21(26)19-12-14-6-2-3-9-17(14)27-19/h2-12H,1H3,(H,24,26). The van der Waals surface area contributed by atoms with E-state index in [9.17, 15) is 4.79 Å². The summed E-state index contributed by atoms with van der Waals surface area (Å²) in [5, 5.41) is 3.80. The van der Waals surface area contributed by atoms with Crippen LogP contribution in [0, 0.1) is 6.92 Å². The van der Waals surface area contributed by atoms with Crippen LogP contribution < -0.4 is 5.32 Å². The van der Waals surface area contributed by atoms with Gasteiger partial charge in [0.2, 0.25) is 5.89 Å². The second-order valence-electron chi connectivity index (χ2n) is 6.42. The molecule has 5 aromatic rings. The zero-order valence-electron chi connectivity index (χ0n) is 15.0. The fourth-order valence-corrected chi connectivity index (χ4v) is 3.16. The minimum absolute atomic E-state index is 0.261. The highest BCUT2D eigenvalue weighted by atomic mass is 16.4. The topological polar surface area (TPSA) is 81.2 Å². The molecule has 1 N–H and O–H groups in total. The number of hydrogen-bond acceptors (Lipinski definition) is 5. The third-order valence-electron chi connectivity index (χ3n) is 4.63. The molecule has 136 valence electrons. The van der Waals surface area contributed by atoms with Crippen molar-refractivity contribution < 1.29 is 13.6 Å². The van der Waals surface area contributed by atoms with Crippen molar-refractivity contribution in [3.05, 3.63) is 78.2 Å². The number of anilines is 1. The molecule has 6 heteroatoms. The van der Waals surface area contributed by atoms with Crippen LogP contribution in [0.3, 0.4) is 0 Å². The molecule has 0 unspecified atom stereocenters. The number of para-hydroxylation sites is 1. The molecule has 6 nitrogen and oxygen atoms in total. The van der Waals surface area contributed by atoms with Crippen LogP contribution in [0.15, 0.2) is 75.7 Å². The Morgan fingerprint density at radius 2 is 1.82 bits per heavy atom. The smallest absolute Gasteiger partial charge is 0.291 e. The first-order chi connectivity index (χ1) is 13.7. The van der Waals surface area contributed by atoms with Gasteiger partial charge in [-0.1, -0.05) is 24.3 Å². The minimum atomic E-state index is -0.310. The van der Waals surface area contributed by atoms with E-state index in [2.05, 4.69) is 15.3 Å². The van der Waals surface area contributed by atoms with Crippen LogP contribution in [-0.4, -0.2) is 15.9 Å². The summed E-state index contributed by atoms with van der Waals surface area (Å²) in [7, 11) is 0. The summed E-state index contributed by atoms with van der Waals surface area (Å²) in [6.45, 7) is 1.91. The van der Waals surface area contributed by atoms with Crippen LogP contribution in [-0.2, 0) is 0 Å². The number of furan rings is 1. The van der Waals surface area contributed by atoms with Gasteiger partial charge in [-0.05, 0) is 48.9 Å². The Morgan fingerprint density at radius 3 is 2.68 bits per heavy atom. The van der Waals surface area contributed by atoms with E-state index in [4.69, 9.17) is 8.83 Å². The Morgan fingerprint density at radius 1 is 0.964 bits per heavy atom. The van der Waals surface area contributed by atoms with Crippen molar-refractivity contribution in [2.24, 2.45) is 0 Å². The van der Waals surface area contributed by atoms with E-state index in [1.807, 2.05) is 55.5 Å². The van der Waals surface area contributed by atoms with E-state index in [0.717, 1.165) is 16.5 Å². The first-order valence-electron chi connectivity index (χ1n) is 8.80. The van der Waals surface area contributed by atoms with Crippen molar-refractivity contribution in [1.82, 2.24) is 9.97 Å². The van der Waals surface area contributed by atoms with Crippen LogP contribution in [0.4, 0.5) is 5.69 Å². The van der Waals surface area contributed by atoms with E-state index in [0.29, 0.717) is 28.4 Å². The van der Waals surface area contributed by atoms with E-state index in [1.54, 1.807) is 18.3 Å². The highest BCUT2D eigenvalue weighted by Gasteiger charge is 2.17. The van der Waals surface area contributed by atoms with Crippen LogP contribution in [0.25, 0.3) is 33.7 Å². The van der Waals surface area contributed by atoms with Gasteiger partial charge in [0.05, 0.1) is 0 Å². The van der Waals surface area contributed by atoms with E-state index in [-0.39, 0.29) is 11.7 Å². The van der Waals surface area contributed by atoms with Crippen molar-refractivity contribution in [3.63, 3.8) is 0 Å². The van der Waals surface area contributed by atoms with Gasteiger partial charge in [-0.3, -0.25) is 4.79 Å². The van der Waals surface area contributed by atoms with Crippen LogP contribution in [0.1, 0.15) is 16.1 Å². The summed E-state index contributed by atoms with van der Waals surface area (Å²) in [6, 6.07) is 18.4. The van der Waals surface area contributed by atoms with E-state index >= 15 is 0 Å². The molecule has 28 heavy (non-hydrogen) atoms. The fraction of sp³-hybridized carbons (Fsp3) is 0.0455. The van der Waals surface area contributed by atoms with Gasteiger partial charge in [0, 0.05) is 22.8 Å². The lowest BCUT2D eigenvalue weighted by Crippen LogP contribution is -2.12. The van der Waals surface area contributed by atoms with Gasteiger partial charge in [0.15, 0.2) is 17.0 Å². The number of nitrogens with zero attached hydrogens (tertiary/aromatic N) is 2. The number of carbonyl (C=O) groups is 1. The molecule has 3 aromatic heterocycles. The molecule has 0 spiro atoms. The number of amides is 1. The van der Waals surface area contributed by atoms with Gasteiger partial charge in [-0.25, -0.2) is 4.98 Å². The lowest BCUT2D eigenvalue weighted by atomic mass is 10.1. The molecule has 0 atom stereocenters. The van der Waals surface area contributed by atoms with Gasteiger partial charge in [0.25, 0.3) is 5.91 Å². The molecule has 5 rings (SSSR count). The maximum Gasteiger partial charge on any atom is 0.291 e. The number of aromatic nitrogens is 2. The Hall–Kier alpha value is -3.93. The molecule has 2 aromatic carbocycles. The van der Waals surface area contributed by atoms with Crippen LogP contribution in [0.5, 0.6) is 0 Å². The number of oxazole rings is 1. The average molecular weight is 369 g/mol. The Balaban J connectivity index is 1.49. The number of fused-ring (bicyclic) bond motifs is 2. The summed E-state index contributed by atoms with van der Waals surface area (Å²) in [4.78, 5) is 21.3. The van der Waals surface area contributed by atoms with Crippen molar-refractivity contribution in [3.8, 4) is 11.5 Å². The zero-order chi connectivity index (χ0) is 19.1. The zero-order valence-corrected chi connectivity index (χ0v) is 15.0. The number of carbonyl (C=O) groups excluding carboxylic acids is 1. The summed E-state index contributed by atoms with van der Waals surface area (Å²) in [6.07, 6.45) is 1.67. The second-order valence-corrected chi connectivity index (χ2v) is 6.42. The van der Waals surface area contributed by atoms with E-state index < -0.39 is 0 Å². The van der Waals surface area contributed by atoms with E-state index in [1.165, 1.54) is 0 Å². The van der Waals surface area contributed by atoms with Crippen molar-refractivity contribution in [2.75, 3.05) is 5.32 Å². The predicted octanol–water partition coefficient (Wildman–Crippen LogP) is 5.20. The largest absolute Gasteiger partial charge is 0.451 e. The summed E-state index contributed by atoms with van der Waals surface area (Å²) >= 11 is 0. The molecule has 1 amide bonds. The van der Waals surface area contributed by atoms with Gasteiger partial charge >= 0.3 is 0 Å². The predicted molar refractivity (Wildman–Crippen MR) is 106 cm³/mol. The average Bonchev–Trinajstić information content (AvgIpc) is 3.33.